The molecular weight excluding hydrogens is 234 g/mol. The van der Waals surface area contributed by atoms with Crippen LogP contribution in [0.15, 0.2) is 23.1 Å². The topological polar surface area (TPSA) is 52.3 Å². The first-order valence-electron chi connectivity index (χ1n) is 4.24. The standard InChI is InChI=1S/C9H9ClO2S.CH5N/c1-6-3-4-7(9(11)12-2)8(5-6)13-10;1-2/h3-5H,1-2H3;2H2,1H3. The van der Waals surface area contributed by atoms with Crippen molar-refractivity contribution in [1.82, 2.24) is 0 Å². The molecule has 1 rings (SSSR count). The summed E-state index contributed by atoms with van der Waals surface area (Å²) in [5.74, 6) is -0.358. The Morgan fingerprint density at radius 2 is 2.07 bits per heavy atom. The minimum absolute atomic E-state index is 0.358. The number of ether oxygens (including phenoxy) is 1. The summed E-state index contributed by atoms with van der Waals surface area (Å²) in [6.07, 6.45) is 0. The van der Waals surface area contributed by atoms with E-state index in [-0.39, 0.29) is 5.97 Å². The lowest BCUT2D eigenvalue weighted by molar-refractivity contribution is 0.0597. The third kappa shape index (κ3) is 4.11. The molecule has 3 nitrogen and oxygen atoms in total. The zero-order chi connectivity index (χ0) is 11.8. The van der Waals surface area contributed by atoms with Gasteiger partial charge in [0, 0.05) is 4.90 Å². The van der Waals surface area contributed by atoms with Crippen molar-refractivity contribution in [1.29, 1.82) is 0 Å². The first kappa shape index (κ1) is 14.3. The van der Waals surface area contributed by atoms with E-state index in [4.69, 9.17) is 10.7 Å². The Kier molecular flexibility index (Phi) is 7.21. The van der Waals surface area contributed by atoms with Crippen molar-refractivity contribution in [2.45, 2.75) is 11.8 Å². The molecule has 0 aliphatic rings. The number of hydrogen-bond donors (Lipinski definition) is 1. The Balaban J connectivity index is 0.000000921. The minimum Gasteiger partial charge on any atom is -0.465 e. The first-order valence-corrected chi connectivity index (χ1v) is 5.88. The fraction of sp³-hybridized carbons (Fsp3) is 0.300. The van der Waals surface area contributed by atoms with Crippen LogP contribution in [0, 0.1) is 6.92 Å². The highest BCUT2D eigenvalue weighted by Gasteiger charge is 2.11. The van der Waals surface area contributed by atoms with Gasteiger partial charge in [-0.1, -0.05) is 6.07 Å². The summed E-state index contributed by atoms with van der Waals surface area (Å²) >= 11 is 0. The Morgan fingerprint density at radius 1 is 1.47 bits per heavy atom. The summed E-state index contributed by atoms with van der Waals surface area (Å²) in [6, 6.07) is 5.42. The Labute approximate surface area is 98.4 Å². The normalized spacial score (nSPS) is 8.87. The van der Waals surface area contributed by atoms with Crippen LogP contribution in [0.4, 0.5) is 0 Å². The van der Waals surface area contributed by atoms with Gasteiger partial charge in [0.1, 0.15) is 0 Å². The molecule has 0 bridgehead atoms. The number of nitrogens with two attached hydrogens (primary N) is 1. The van der Waals surface area contributed by atoms with Crippen molar-refractivity contribution in [2.24, 2.45) is 5.73 Å². The van der Waals surface area contributed by atoms with Crippen LogP contribution in [-0.4, -0.2) is 20.1 Å². The van der Waals surface area contributed by atoms with Gasteiger partial charge in [-0.25, -0.2) is 4.79 Å². The zero-order valence-corrected chi connectivity index (χ0v) is 10.5. The van der Waals surface area contributed by atoms with E-state index >= 15 is 0 Å². The van der Waals surface area contributed by atoms with E-state index in [1.807, 2.05) is 19.1 Å². The van der Waals surface area contributed by atoms with E-state index in [0.29, 0.717) is 5.56 Å². The average molecular weight is 248 g/mol. The number of rotatable bonds is 2. The minimum atomic E-state index is -0.358. The van der Waals surface area contributed by atoms with Gasteiger partial charge in [-0.2, -0.15) is 0 Å². The van der Waals surface area contributed by atoms with Gasteiger partial charge in [-0.05, 0) is 53.3 Å². The lowest BCUT2D eigenvalue weighted by Gasteiger charge is -2.04. The zero-order valence-electron chi connectivity index (χ0n) is 8.91. The van der Waals surface area contributed by atoms with Crippen LogP contribution in [0.5, 0.6) is 0 Å². The van der Waals surface area contributed by atoms with Crippen LogP contribution in [0.3, 0.4) is 0 Å². The molecule has 0 spiro atoms. The van der Waals surface area contributed by atoms with E-state index in [2.05, 4.69) is 10.5 Å². The second-order valence-corrected chi connectivity index (χ2v) is 3.63. The van der Waals surface area contributed by atoms with E-state index in [1.54, 1.807) is 6.07 Å². The quantitative estimate of drug-likeness (QED) is 0.817. The maximum atomic E-state index is 11.2. The molecule has 0 aromatic heterocycles. The number of carbonyl (C=O) groups excluding carboxylic acids is 1. The highest BCUT2D eigenvalue weighted by atomic mass is 35.7. The number of benzene rings is 1. The molecular formula is C10H14ClNO2S. The van der Waals surface area contributed by atoms with Gasteiger partial charge in [0.05, 0.1) is 12.7 Å². The van der Waals surface area contributed by atoms with Crippen molar-refractivity contribution in [3.05, 3.63) is 29.3 Å². The fourth-order valence-corrected chi connectivity index (χ4v) is 1.82. The van der Waals surface area contributed by atoms with Gasteiger partial charge in [0.15, 0.2) is 0 Å². The van der Waals surface area contributed by atoms with Gasteiger partial charge in [0.25, 0.3) is 0 Å². The molecule has 0 unspecified atom stereocenters. The molecule has 15 heavy (non-hydrogen) atoms. The van der Waals surface area contributed by atoms with Crippen LogP contribution in [-0.2, 0) is 4.74 Å². The predicted octanol–water partition coefficient (Wildman–Crippen LogP) is 2.60. The van der Waals surface area contributed by atoms with E-state index < -0.39 is 0 Å². The molecule has 84 valence electrons. The van der Waals surface area contributed by atoms with Gasteiger partial charge in [-0.15, -0.1) is 0 Å². The Morgan fingerprint density at radius 3 is 2.53 bits per heavy atom. The van der Waals surface area contributed by atoms with Gasteiger partial charge in [0.2, 0.25) is 0 Å². The summed E-state index contributed by atoms with van der Waals surface area (Å²) in [6.45, 7) is 1.94. The predicted molar refractivity (Wildman–Crippen MR) is 64.3 cm³/mol. The number of hydrogen-bond acceptors (Lipinski definition) is 4. The Bertz CT molecular complexity index is 331. The van der Waals surface area contributed by atoms with Crippen molar-refractivity contribution < 1.29 is 9.53 Å². The third-order valence-electron chi connectivity index (χ3n) is 1.63. The van der Waals surface area contributed by atoms with Crippen LogP contribution >= 0.6 is 21.7 Å². The van der Waals surface area contributed by atoms with E-state index in [1.165, 1.54) is 14.2 Å². The molecule has 2 N–H and O–H groups in total. The second-order valence-electron chi connectivity index (χ2n) is 2.57. The molecule has 0 amide bonds. The third-order valence-corrected chi connectivity index (χ3v) is 2.63. The largest absolute Gasteiger partial charge is 0.465 e. The molecule has 0 saturated carbocycles. The highest BCUT2D eigenvalue weighted by molar-refractivity contribution is 8.21. The molecule has 5 heteroatoms. The lowest BCUT2D eigenvalue weighted by atomic mass is 10.1. The molecule has 0 aliphatic heterocycles. The maximum Gasteiger partial charge on any atom is 0.339 e. The molecule has 1 aromatic carbocycles. The number of aryl methyl sites for hydroxylation is 1. The van der Waals surface area contributed by atoms with Crippen molar-refractivity contribution in [2.75, 3.05) is 14.2 Å². The van der Waals surface area contributed by atoms with Gasteiger partial charge < -0.3 is 10.5 Å². The van der Waals surface area contributed by atoms with Crippen LogP contribution in [0.25, 0.3) is 0 Å². The summed E-state index contributed by atoms with van der Waals surface area (Å²) in [5.41, 5.74) is 6.07. The Hall–Kier alpha value is -0.710. The maximum absolute atomic E-state index is 11.2. The summed E-state index contributed by atoms with van der Waals surface area (Å²) in [4.78, 5) is 11.9. The molecule has 1 aromatic rings. The van der Waals surface area contributed by atoms with Crippen molar-refractivity contribution in [3.63, 3.8) is 0 Å². The first-order chi connectivity index (χ1) is 7.19. The summed E-state index contributed by atoms with van der Waals surface area (Å²) in [7, 11) is 9.49. The van der Waals surface area contributed by atoms with Crippen LogP contribution in [0.2, 0.25) is 0 Å². The average Bonchev–Trinajstić information content (AvgIpc) is 2.30. The molecule has 0 atom stereocenters. The summed E-state index contributed by atoms with van der Waals surface area (Å²) in [5, 5.41) is 0. The lowest BCUT2D eigenvalue weighted by Crippen LogP contribution is -2.02. The van der Waals surface area contributed by atoms with Crippen molar-refractivity contribution in [3.8, 4) is 0 Å². The number of carbonyl (C=O) groups is 1. The number of esters is 1. The van der Waals surface area contributed by atoms with Crippen LogP contribution < -0.4 is 5.73 Å². The molecule has 0 fully saturated rings. The van der Waals surface area contributed by atoms with Gasteiger partial charge >= 0.3 is 5.97 Å². The van der Waals surface area contributed by atoms with E-state index in [9.17, 15) is 4.79 Å². The van der Waals surface area contributed by atoms with Gasteiger partial charge in [-0.3, -0.25) is 0 Å². The molecule has 0 heterocycles. The SMILES string of the molecule is CN.COC(=O)c1ccc(C)cc1SCl. The second kappa shape index (κ2) is 7.56. The van der Waals surface area contributed by atoms with Crippen LogP contribution in [0.1, 0.15) is 15.9 Å². The fourth-order valence-electron chi connectivity index (χ4n) is 0.972. The monoisotopic (exact) mass is 247 g/mol. The number of methoxy groups -OCH3 is 1. The highest BCUT2D eigenvalue weighted by Crippen LogP contribution is 2.27. The smallest absolute Gasteiger partial charge is 0.339 e. The molecule has 0 saturated heterocycles. The molecule has 0 aliphatic carbocycles. The number of halogens is 1. The van der Waals surface area contributed by atoms with Crippen molar-refractivity contribution >= 4 is 27.6 Å². The summed E-state index contributed by atoms with van der Waals surface area (Å²) < 4.78 is 4.61. The van der Waals surface area contributed by atoms with E-state index in [0.717, 1.165) is 21.4 Å². The molecule has 0 radical (unpaired) electrons.